The molecule has 0 bridgehead atoms. The van der Waals surface area contributed by atoms with Crippen molar-refractivity contribution >= 4 is 28.3 Å². The van der Waals surface area contributed by atoms with Crippen LogP contribution in [0.5, 0.6) is 0 Å². The first-order chi connectivity index (χ1) is 9.13. The second-order valence-corrected chi connectivity index (χ2v) is 5.67. The number of aromatic amines is 1. The van der Waals surface area contributed by atoms with Gasteiger partial charge in [0.2, 0.25) is 0 Å². The molecule has 1 saturated carbocycles. The van der Waals surface area contributed by atoms with E-state index < -0.39 is 0 Å². The number of fused-ring (bicyclic) bond motifs is 1. The minimum atomic E-state index is -0.229. The van der Waals surface area contributed by atoms with Crippen LogP contribution >= 0.6 is 11.6 Å². The Labute approximate surface area is 116 Å². The van der Waals surface area contributed by atoms with Crippen LogP contribution in [0, 0.1) is 0 Å². The van der Waals surface area contributed by atoms with Gasteiger partial charge in [-0.1, -0.05) is 17.7 Å². The van der Waals surface area contributed by atoms with Crippen LogP contribution in [0.2, 0.25) is 5.02 Å². The third kappa shape index (κ3) is 2.17. The number of nitrogens with one attached hydrogen (secondary N) is 1. The minimum Gasteiger partial charge on any atom is -0.378 e. The molecule has 0 aliphatic heterocycles. The van der Waals surface area contributed by atoms with Gasteiger partial charge in [-0.15, -0.1) is 0 Å². The van der Waals surface area contributed by atoms with Crippen molar-refractivity contribution in [1.29, 1.82) is 0 Å². The second kappa shape index (κ2) is 4.66. The smallest absolute Gasteiger partial charge is 0.167 e. The normalized spacial score (nSPS) is 17.4. The molecule has 1 aromatic heterocycles. The van der Waals surface area contributed by atoms with Gasteiger partial charge in [0.05, 0.1) is 5.60 Å². The first kappa shape index (κ1) is 12.7. The predicted octanol–water partition coefficient (Wildman–Crippen LogP) is 3.96. The second-order valence-electron chi connectivity index (χ2n) is 5.23. The summed E-state index contributed by atoms with van der Waals surface area (Å²) in [5.41, 5.74) is 1.40. The first-order valence-corrected chi connectivity index (χ1v) is 6.86. The Kier molecular flexibility index (Phi) is 3.11. The van der Waals surface area contributed by atoms with Crippen LogP contribution in [-0.2, 0) is 4.74 Å². The third-order valence-corrected chi connectivity index (χ3v) is 4.36. The van der Waals surface area contributed by atoms with E-state index in [1.54, 1.807) is 13.3 Å². The van der Waals surface area contributed by atoms with Gasteiger partial charge in [-0.3, -0.25) is 4.79 Å². The fourth-order valence-electron chi connectivity index (χ4n) is 2.74. The molecule has 19 heavy (non-hydrogen) atoms. The van der Waals surface area contributed by atoms with Gasteiger partial charge in [-0.2, -0.15) is 0 Å². The zero-order chi connectivity index (χ0) is 13.5. The van der Waals surface area contributed by atoms with E-state index in [0.29, 0.717) is 11.4 Å². The molecule has 1 aromatic carbocycles. The molecule has 1 aliphatic carbocycles. The Bertz CT molecular complexity index is 623. The van der Waals surface area contributed by atoms with Gasteiger partial charge >= 0.3 is 0 Å². The summed E-state index contributed by atoms with van der Waals surface area (Å²) in [6, 6.07) is 5.54. The van der Waals surface area contributed by atoms with Crippen LogP contribution in [-0.4, -0.2) is 23.5 Å². The maximum absolute atomic E-state index is 12.4. The van der Waals surface area contributed by atoms with Gasteiger partial charge in [-0.05, 0) is 31.4 Å². The van der Waals surface area contributed by atoms with E-state index in [1.807, 2.05) is 18.2 Å². The molecule has 100 valence electrons. The van der Waals surface area contributed by atoms with Gasteiger partial charge in [0.15, 0.2) is 5.78 Å². The summed E-state index contributed by atoms with van der Waals surface area (Å²) >= 11 is 5.94. The molecule has 0 unspecified atom stereocenters. The molecular weight excluding hydrogens is 262 g/mol. The quantitative estimate of drug-likeness (QED) is 0.860. The highest BCUT2D eigenvalue weighted by atomic mass is 35.5. The number of hydrogen-bond acceptors (Lipinski definition) is 2. The molecule has 2 aromatic rings. The lowest BCUT2D eigenvalue weighted by Crippen LogP contribution is -2.41. The van der Waals surface area contributed by atoms with Gasteiger partial charge in [-0.25, -0.2) is 0 Å². The molecule has 1 heterocycles. The van der Waals surface area contributed by atoms with Crippen molar-refractivity contribution in [3.8, 4) is 0 Å². The molecule has 1 N–H and O–H groups in total. The molecule has 1 fully saturated rings. The number of ketones is 1. The maximum Gasteiger partial charge on any atom is 0.167 e. The van der Waals surface area contributed by atoms with Crippen LogP contribution in [0.1, 0.15) is 36.0 Å². The number of benzene rings is 1. The minimum absolute atomic E-state index is 0.134. The Morgan fingerprint density at radius 2 is 2.26 bits per heavy atom. The highest BCUT2D eigenvalue weighted by Gasteiger charge is 2.39. The Hall–Kier alpha value is -1.32. The van der Waals surface area contributed by atoms with Gasteiger partial charge in [0.1, 0.15) is 0 Å². The van der Waals surface area contributed by atoms with Crippen molar-refractivity contribution in [2.45, 2.75) is 31.3 Å². The van der Waals surface area contributed by atoms with Crippen molar-refractivity contribution in [3.05, 3.63) is 35.0 Å². The number of carbonyl (C=O) groups is 1. The maximum atomic E-state index is 12.4. The number of carbonyl (C=O) groups excluding carboxylic acids is 1. The molecule has 3 nitrogen and oxygen atoms in total. The zero-order valence-electron chi connectivity index (χ0n) is 10.8. The van der Waals surface area contributed by atoms with E-state index in [0.717, 1.165) is 35.7 Å². The average Bonchev–Trinajstić information content (AvgIpc) is 2.76. The van der Waals surface area contributed by atoms with Gasteiger partial charge in [0.25, 0.3) is 0 Å². The Morgan fingerprint density at radius 1 is 1.47 bits per heavy atom. The topological polar surface area (TPSA) is 42.1 Å². The van der Waals surface area contributed by atoms with E-state index in [9.17, 15) is 4.79 Å². The predicted molar refractivity (Wildman–Crippen MR) is 75.8 cm³/mol. The fourth-order valence-corrected chi connectivity index (χ4v) is 2.91. The summed E-state index contributed by atoms with van der Waals surface area (Å²) in [6.07, 6.45) is 5.32. The number of halogens is 1. The number of Topliss-reactive ketones (excluding diaryl/α,β-unsaturated/α-hetero) is 1. The van der Waals surface area contributed by atoms with E-state index in [2.05, 4.69) is 4.98 Å². The number of aromatic nitrogens is 1. The van der Waals surface area contributed by atoms with Crippen molar-refractivity contribution in [1.82, 2.24) is 4.98 Å². The van der Waals surface area contributed by atoms with E-state index >= 15 is 0 Å². The van der Waals surface area contributed by atoms with E-state index in [-0.39, 0.29) is 11.4 Å². The number of ether oxygens (including phenoxy) is 1. The van der Waals surface area contributed by atoms with Crippen LogP contribution < -0.4 is 0 Å². The summed E-state index contributed by atoms with van der Waals surface area (Å²) < 4.78 is 5.52. The van der Waals surface area contributed by atoms with Crippen LogP contribution in [0.4, 0.5) is 0 Å². The van der Waals surface area contributed by atoms with Gasteiger partial charge in [0, 0.05) is 41.2 Å². The highest BCUT2D eigenvalue weighted by molar-refractivity contribution is 6.31. The largest absolute Gasteiger partial charge is 0.378 e. The summed E-state index contributed by atoms with van der Waals surface area (Å²) in [6.45, 7) is 0. The lowest BCUT2D eigenvalue weighted by atomic mass is 9.76. The highest BCUT2D eigenvalue weighted by Crippen LogP contribution is 2.39. The Morgan fingerprint density at radius 3 is 2.89 bits per heavy atom. The lowest BCUT2D eigenvalue weighted by molar-refractivity contribution is -0.0704. The number of H-pyrrole nitrogens is 1. The van der Waals surface area contributed by atoms with Crippen molar-refractivity contribution < 1.29 is 9.53 Å². The molecule has 3 rings (SSSR count). The first-order valence-electron chi connectivity index (χ1n) is 6.49. The molecule has 4 heteroatoms. The standard InChI is InChI=1S/C15H16ClNO2/c1-19-15(5-2-6-15)8-14(18)12-9-17-13-7-10(16)3-4-11(12)13/h3-4,7,9,17H,2,5-6,8H2,1H3. The molecule has 0 saturated heterocycles. The van der Waals surface area contributed by atoms with E-state index in [1.165, 1.54) is 0 Å². The summed E-state index contributed by atoms with van der Waals surface area (Å²) in [5, 5.41) is 1.60. The summed E-state index contributed by atoms with van der Waals surface area (Å²) in [7, 11) is 1.70. The number of hydrogen-bond donors (Lipinski definition) is 1. The molecular formula is C15H16ClNO2. The van der Waals surface area contributed by atoms with Crippen molar-refractivity contribution in [2.75, 3.05) is 7.11 Å². The fraction of sp³-hybridized carbons (Fsp3) is 0.400. The molecule has 0 amide bonds. The van der Waals surface area contributed by atoms with Crippen LogP contribution in [0.25, 0.3) is 10.9 Å². The third-order valence-electron chi connectivity index (χ3n) is 4.12. The van der Waals surface area contributed by atoms with Crippen molar-refractivity contribution in [2.24, 2.45) is 0 Å². The van der Waals surface area contributed by atoms with Crippen LogP contribution in [0.15, 0.2) is 24.4 Å². The Balaban J connectivity index is 1.89. The average molecular weight is 278 g/mol. The van der Waals surface area contributed by atoms with E-state index in [4.69, 9.17) is 16.3 Å². The molecule has 0 spiro atoms. The zero-order valence-corrected chi connectivity index (χ0v) is 11.6. The van der Waals surface area contributed by atoms with Crippen molar-refractivity contribution in [3.63, 3.8) is 0 Å². The SMILES string of the molecule is COC1(CC(=O)c2c[nH]c3cc(Cl)ccc23)CCC1. The summed E-state index contributed by atoms with van der Waals surface area (Å²) in [4.78, 5) is 15.5. The molecule has 1 aliphatic rings. The summed E-state index contributed by atoms with van der Waals surface area (Å²) in [5.74, 6) is 0.134. The lowest BCUT2D eigenvalue weighted by Gasteiger charge is -2.40. The number of rotatable bonds is 4. The van der Waals surface area contributed by atoms with Gasteiger partial charge < -0.3 is 9.72 Å². The molecule has 0 radical (unpaired) electrons. The monoisotopic (exact) mass is 277 g/mol. The van der Waals surface area contributed by atoms with Crippen LogP contribution in [0.3, 0.4) is 0 Å². The number of methoxy groups -OCH3 is 1. The molecule has 0 atom stereocenters.